The zero-order chi connectivity index (χ0) is 5.33. The van der Waals surface area contributed by atoms with Crippen molar-refractivity contribution in [2.24, 2.45) is 9.39 Å². The Morgan fingerprint density at radius 3 is 2.43 bits per heavy atom. The number of rotatable bonds is 0. The van der Waals surface area contributed by atoms with Gasteiger partial charge in [-0.15, -0.1) is 4.40 Å². The van der Waals surface area contributed by atoms with E-state index in [1.165, 1.54) is 0 Å². The van der Waals surface area contributed by atoms with Gasteiger partial charge >= 0.3 is 0 Å². The normalized spacial score (nSPS) is 23.4. The van der Waals surface area contributed by atoms with Gasteiger partial charge in [0.05, 0.1) is 0 Å². The van der Waals surface area contributed by atoms with Crippen molar-refractivity contribution in [3.8, 4) is 0 Å². The molecule has 1 aliphatic heterocycles. The summed E-state index contributed by atoms with van der Waals surface area (Å²) in [5.74, 6) is 0. The Hall–Kier alpha value is -0.710. The Labute approximate surface area is 40.6 Å². The summed E-state index contributed by atoms with van der Waals surface area (Å²) in [6.45, 7) is 0. The Morgan fingerprint density at radius 2 is 2.29 bits per heavy atom. The lowest BCUT2D eigenvalue weighted by Crippen LogP contribution is -1.88. The number of nitrogens with zero attached hydrogens (tertiary/aromatic N) is 2. The second-order valence-corrected chi connectivity index (χ2v) is 2.36. The second kappa shape index (κ2) is 1.13. The highest BCUT2D eigenvalue weighted by molar-refractivity contribution is 8.03. The number of sulfonamides is 1. The maximum atomic E-state index is 10.1. The highest BCUT2D eigenvalue weighted by atomic mass is 32.2. The summed E-state index contributed by atoms with van der Waals surface area (Å²) in [6.07, 6.45) is 1.92. The molecule has 0 aliphatic carbocycles. The predicted octanol–water partition coefficient (Wildman–Crippen LogP) is -0.737. The van der Waals surface area contributed by atoms with E-state index < -0.39 is 10.0 Å². The zero-order valence-electron chi connectivity index (χ0n) is 3.20. The lowest BCUT2D eigenvalue weighted by Gasteiger charge is -1.70. The topological polar surface area (TPSA) is 58.9 Å². The van der Waals surface area contributed by atoms with Gasteiger partial charge in [-0.25, -0.2) is 4.99 Å². The molecule has 7 heavy (non-hydrogen) atoms. The highest BCUT2D eigenvalue weighted by Gasteiger charge is 2.04. The van der Waals surface area contributed by atoms with Gasteiger partial charge in [-0.1, -0.05) is 0 Å². The van der Waals surface area contributed by atoms with E-state index in [2.05, 4.69) is 9.39 Å². The first-order valence-electron chi connectivity index (χ1n) is 1.46. The molecule has 0 N–H and O–H groups in total. The van der Waals surface area contributed by atoms with E-state index in [4.69, 9.17) is 0 Å². The molecule has 0 aromatic heterocycles. The Morgan fingerprint density at radius 1 is 1.57 bits per heavy atom. The third-order valence-electron chi connectivity index (χ3n) is 0.412. The molecular formula is C2HN2O2S. The minimum atomic E-state index is -3.32. The van der Waals surface area contributed by atoms with E-state index in [-0.39, 0.29) is 0 Å². The molecule has 0 spiro atoms. The van der Waals surface area contributed by atoms with Crippen LogP contribution in [0.15, 0.2) is 9.39 Å². The van der Waals surface area contributed by atoms with Crippen LogP contribution in [-0.2, 0) is 10.0 Å². The molecule has 0 aromatic rings. The van der Waals surface area contributed by atoms with E-state index in [1.807, 2.05) is 6.34 Å². The van der Waals surface area contributed by atoms with E-state index >= 15 is 0 Å². The molecule has 37 valence electrons. The molecule has 1 radical (unpaired) electrons. The van der Waals surface area contributed by atoms with E-state index in [0.29, 0.717) is 0 Å². The van der Waals surface area contributed by atoms with Crippen molar-refractivity contribution in [3.05, 3.63) is 0 Å². The average molecular weight is 117 g/mol. The van der Waals surface area contributed by atoms with Crippen LogP contribution >= 0.6 is 0 Å². The molecule has 1 aliphatic rings. The van der Waals surface area contributed by atoms with Crippen molar-refractivity contribution < 1.29 is 8.42 Å². The van der Waals surface area contributed by atoms with Crippen LogP contribution in [0.25, 0.3) is 0 Å². The minimum Gasteiger partial charge on any atom is -0.219 e. The Bertz CT molecular complexity index is 194. The quantitative estimate of drug-likeness (QED) is 0.419. The largest absolute Gasteiger partial charge is 0.295 e. The molecule has 0 saturated carbocycles. The number of hydrogen-bond acceptors (Lipinski definition) is 3. The van der Waals surface area contributed by atoms with Crippen LogP contribution in [0.3, 0.4) is 0 Å². The first-order chi connectivity index (χ1) is 3.21. The van der Waals surface area contributed by atoms with Gasteiger partial charge in [-0.3, -0.25) is 0 Å². The second-order valence-electron chi connectivity index (χ2n) is 0.941. The predicted molar refractivity (Wildman–Crippen MR) is 24.8 cm³/mol. The van der Waals surface area contributed by atoms with Crippen molar-refractivity contribution >= 4 is 21.9 Å². The maximum absolute atomic E-state index is 10.1. The van der Waals surface area contributed by atoms with Crippen molar-refractivity contribution in [1.82, 2.24) is 0 Å². The molecule has 0 fully saturated rings. The molecule has 1 rings (SSSR count). The van der Waals surface area contributed by atoms with Gasteiger partial charge in [0.15, 0.2) is 0 Å². The third kappa shape index (κ3) is 0.833. The van der Waals surface area contributed by atoms with Gasteiger partial charge in [0.1, 0.15) is 5.55 Å². The first-order valence-corrected chi connectivity index (χ1v) is 2.96. The molecule has 0 atom stereocenters. The zero-order valence-corrected chi connectivity index (χ0v) is 4.01. The molecule has 0 saturated heterocycles. The summed E-state index contributed by atoms with van der Waals surface area (Å²) in [7, 11) is -3.32. The smallest absolute Gasteiger partial charge is 0.219 e. The van der Waals surface area contributed by atoms with Gasteiger partial charge < -0.3 is 0 Å². The minimum absolute atomic E-state index is 0.743. The Kier molecular flexibility index (Phi) is 0.717. The van der Waals surface area contributed by atoms with Crippen LogP contribution in [-0.4, -0.2) is 20.3 Å². The lowest BCUT2D eigenvalue weighted by atomic mass is 11.3. The number of aliphatic imine (C=N–C) groups is 1. The van der Waals surface area contributed by atoms with Crippen molar-refractivity contribution in [1.29, 1.82) is 0 Å². The standard InChI is InChI=1S/C2HN2O2S/c5-7(6)2-3-1-4-7/h2H. The summed E-state index contributed by atoms with van der Waals surface area (Å²) in [6, 6.07) is 0. The van der Waals surface area contributed by atoms with Gasteiger partial charge in [-0.05, 0) is 0 Å². The van der Waals surface area contributed by atoms with E-state index in [1.54, 1.807) is 0 Å². The van der Waals surface area contributed by atoms with Crippen LogP contribution in [0.1, 0.15) is 0 Å². The highest BCUT2D eigenvalue weighted by Crippen LogP contribution is 1.90. The van der Waals surface area contributed by atoms with Crippen LogP contribution in [0.2, 0.25) is 0 Å². The van der Waals surface area contributed by atoms with Gasteiger partial charge in [0.2, 0.25) is 6.34 Å². The summed E-state index contributed by atoms with van der Waals surface area (Å²) < 4.78 is 23.0. The fraction of sp³-hybridized carbons (Fsp3) is 0. The van der Waals surface area contributed by atoms with Crippen LogP contribution < -0.4 is 0 Å². The molecule has 5 heteroatoms. The molecule has 0 aromatic carbocycles. The fourth-order valence-electron chi connectivity index (χ4n) is 0.194. The molecular weight excluding hydrogens is 116 g/mol. The molecule has 0 unspecified atom stereocenters. The lowest BCUT2D eigenvalue weighted by molar-refractivity contribution is 0.610. The van der Waals surface area contributed by atoms with E-state index in [9.17, 15) is 8.42 Å². The van der Waals surface area contributed by atoms with E-state index in [0.717, 1.165) is 5.55 Å². The summed E-state index contributed by atoms with van der Waals surface area (Å²) >= 11 is 0. The maximum Gasteiger partial charge on any atom is 0.295 e. The Balaban J connectivity index is 3.25. The molecule has 0 bridgehead atoms. The van der Waals surface area contributed by atoms with Gasteiger partial charge in [-0.2, -0.15) is 8.42 Å². The van der Waals surface area contributed by atoms with Crippen LogP contribution in [0, 0.1) is 0 Å². The van der Waals surface area contributed by atoms with Crippen LogP contribution in [0.4, 0.5) is 0 Å². The summed E-state index contributed by atoms with van der Waals surface area (Å²) in [5.41, 5.74) is 0.743. The van der Waals surface area contributed by atoms with Crippen molar-refractivity contribution in [2.75, 3.05) is 0 Å². The summed E-state index contributed by atoms with van der Waals surface area (Å²) in [5, 5.41) is 0. The van der Waals surface area contributed by atoms with Crippen molar-refractivity contribution in [2.45, 2.75) is 0 Å². The van der Waals surface area contributed by atoms with Crippen LogP contribution in [0.5, 0.6) is 0 Å². The van der Waals surface area contributed by atoms with Gasteiger partial charge in [0.25, 0.3) is 10.0 Å². The van der Waals surface area contributed by atoms with Crippen molar-refractivity contribution in [3.63, 3.8) is 0 Å². The third-order valence-corrected chi connectivity index (χ3v) is 1.12. The molecule has 0 amide bonds. The summed E-state index contributed by atoms with van der Waals surface area (Å²) in [4.78, 5) is 3.11. The molecule has 1 heterocycles. The first kappa shape index (κ1) is 4.45. The average Bonchev–Trinajstić information content (AvgIpc) is 1.84. The number of hydrogen-bond donors (Lipinski definition) is 0. The SMILES string of the molecule is O=S1(=O)C=N[C]=N1. The van der Waals surface area contributed by atoms with Gasteiger partial charge in [0, 0.05) is 0 Å². The monoisotopic (exact) mass is 117 g/mol. The fourth-order valence-corrected chi connectivity index (χ4v) is 0.583. The molecule has 4 nitrogen and oxygen atoms in total.